The van der Waals surface area contributed by atoms with Crippen molar-refractivity contribution in [3.05, 3.63) is 77.3 Å². The van der Waals surface area contributed by atoms with Crippen molar-refractivity contribution in [2.24, 2.45) is 0 Å². The standard InChI is InChI=1S/C22H22ClNO2/c1-2-20(22(25)24-15-14-16-10-12-18(23)13-11-16)26-21-9-5-7-17-6-3-4-8-19(17)21/h3-13,20H,2,14-15H2,1H3,(H,24,25)/t20-/m1/s1. The molecule has 3 nitrogen and oxygen atoms in total. The van der Waals surface area contributed by atoms with Gasteiger partial charge in [0.2, 0.25) is 0 Å². The molecule has 1 amide bonds. The summed E-state index contributed by atoms with van der Waals surface area (Å²) < 4.78 is 6.03. The Hall–Kier alpha value is -2.52. The van der Waals surface area contributed by atoms with Crippen molar-refractivity contribution in [3.8, 4) is 5.75 Å². The maximum atomic E-state index is 12.5. The van der Waals surface area contributed by atoms with E-state index in [2.05, 4.69) is 5.32 Å². The number of rotatable bonds is 7. The molecule has 0 saturated carbocycles. The molecular weight excluding hydrogens is 346 g/mol. The Labute approximate surface area is 158 Å². The van der Waals surface area contributed by atoms with Gasteiger partial charge in [-0.05, 0) is 42.0 Å². The molecule has 0 bridgehead atoms. The third-order valence-electron chi connectivity index (χ3n) is 4.31. The molecule has 1 atom stereocenters. The van der Waals surface area contributed by atoms with Gasteiger partial charge < -0.3 is 10.1 Å². The second-order valence-corrected chi connectivity index (χ2v) is 6.60. The molecule has 0 heterocycles. The number of benzene rings is 3. The zero-order chi connectivity index (χ0) is 18.4. The van der Waals surface area contributed by atoms with Crippen LogP contribution in [0.5, 0.6) is 5.75 Å². The van der Waals surface area contributed by atoms with Crippen LogP contribution in [0.1, 0.15) is 18.9 Å². The number of ether oxygens (including phenoxy) is 1. The summed E-state index contributed by atoms with van der Waals surface area (Å²) in [5.74, 6) is 0.650. The van der Waals surface area contributed by atoms with Gasteiger partial charge in [-0.25, -0.2) is 0 Å². The number of fused-ring (bicyclic) bond motifs is 1. The highest BCUT2D eigenvalue weighted by atomic mass is 35.5. The number of carbonyl (C=O) groups excluding carboxylic acids is 1. The molecule has 0 fully saturated rings. The Morgan fingerprint density at radius 2 is 1.77 bits per heavy atom. The molecule has 134 valence electrons. The van der Waals surface area contributed by atoms with E-state index < -0.39 is 6.10 Å². The SMILES string of the molecule is CC[C@@H](Oc1cccc2ccccc12)C(=O)NCCc1ccc(Cl)cc1. The van der Waals surface area contributed by atoms with Crippen molar-refractivity contribution in [1.29, 1.82) is 0 Å². The Bertz CT molecular complexity index is 871. The second kappa shape index (κ2) is 8.72. The molecule has 0 aromatic heterocycles. The molecule has 0 aliphatic rings. The minimum absolute atomic E-state index is 0.0885. The van der Waals surface area contributed by atoms with Gasteiger partial charge in [-0.15, -0.1) is 0 Å². The third-order valence-corrected chi connectivity index (χ3v) is 4.56. The lowest BCUT2D eigenvalue weighted by atomic mass is 10.1. The minimum atomic E-state index is -0.508. The summed E-state index contributed by atoms with van der Waals surface area (Å²) in [6.45, 7) is 2.52. The van der Waals surface area contributed by atoms with Crippen molar-refractivity contribution < 1.29 is 9.53 Å². The van der Waals surface area contributed by atoms with Crippen molar-refractivity contribution >= 4 is 28.3 Å². The second-order valence-electron chi connectivity index (χ2n) is 6.16. The van der Waals surface area contributed by atoms with E-state index in [1.807, 2.05) is 73.7 Å². The Kier molecular flexibility index (Phi) is 6.13. The van der Waals surface area contributed by atoms with Crippen molar-refractivity contribution in [2.45, 2.75) is 25.9 Å². The highest BCUT2D eigenvalue weighted by Gasteiger charge is 2.18. The van der Waals surface area contributed by atoms with Crippen LogP contribution in [-0.2, 0) is 11.2 Å². The number of carbonyl (C=O) groups is 1. The van der Waals surface area contributed by atoms with Crippen molar-refractivity contribution in [1.82, 2.24) is 5.32 Å². The molecule has 0 aliphatic carbocycles. The fourth-order valence-corrected chi connectivity index (χ4v) is 2.99. The number of amides is 1. The van der Waals surface area contributed by atoms with Crippen LogP contribution in [-0.4, -0.2) is 18.6 Å². The molecule has 4 heteroatoms. The molecular formula is C22H22ClNO2. The van der Waals surface area contributed by atoms with Gasteiger partial charge in [0, 0.05) is 17.0 Å². The smallest absolute Gasteiger partial charge is 0.261 e. The summed E-state index contributed by atoms with van der Waals surface area (Å²) >= 11 is 5.89. The first-order valence-corrected chi connectivity index (χ1v) is 9.21. The average molecular weight is 368 g/mol. The van der Waals surface area contributed by atoms with Crippen molar-refractivity contribution in [3.63, 3.8) is 0 Å². The Balaban J connectivity index is 1.60. The van der Waals surface area contributed by atoms with Gasteiger partial charge in [0.05, 0.1) is 0 Å². The summed E-state index contributed by atoms with van der Waals surface area (Å²) in [6.07, 6.45) is 0.856. The van der Waals surface area contributed by atoms with Gasteiger partial charge >= 0.3 is 0 Å². The first-order valence-electron chi connectivity index (χ1n) is 8.84. The quantitative estimate of drug-likeness (QED) is 0.637. The van der Waals surface area contributed by atoms with Gasteiger partial charge in [0.1, 0.15) is 5.75 Å². The molecule has 0 radical (unpaired) electrons. The normalized spacial score (nSPS) is 11.9. The monoisotopic (exact) mass is 367 g/mol. The summed E-state index contributed by atoms with van der Waals surface area (Å²) in [5, 5.41) is 5.80. The third kappa shape index (κ3) is 4.55. The highest BCUT2D eigenvalue weighted by molar-refractivity contribution is 6.30. The van der Waals surface area contributed by atoms with Crippen molar-refractivity contribution in [2.75, 3.05) is 6.54 Å². The van der Waals surface area contributed by atoms with Gasteiger partial charge in [-0.2, -0.15) is 0 Å². The highest BCUT2D eigenvalue weighted by Crippen LogP contribution is 2.26. The first kappa shape index (κ1) is 18.3. The zero-order valence-electron chi connectivity index (χ0n) is 14.7. The molecule has 3 aromatic carbocycles. The number of hydrogen-bond acceptors (Lipinski definition) is 2. The van der Waals surface area contributed by atoms with Gasteiger partial charge in [0.15, 0.2) is 6.10 Å². The van der Waals surface area contributed by atoms with Crippen LogP contribution < -0.4 is 10.1 Å². The van der Waals surface area contributed by atoms with E-state index in [-0.39, 0.29) is 5.91 Å². The van der Waals surface area contributed by atoms with E-state index in [0.717, 1.165) is 28.5 Å². The molecule has 0 spiro atoms. The summed E-state index contributed by atoms with van der Waals surface area (Å²) in [7, 11) is 0. The van der Waals surface area contributed by atoms with E-state index in [0.29, 0.717) is 18.0 Å². The molecule has 0 unspecified atom stereocenters. The lowest BCUT2D eigenvalue weighted by Gasteiger charge is -2.18. The predicted molar refractivity (Wildman–Crippen MR) is 107 cm³/mol. The van der Waals surface area contributed by atoms with Gasteiger partial charge in [-0.3, -0.25) is 4.79 Å². The molecule has 26 heavy (non-hydrogen) atoms. The maximum absolute atomic E-state index is 12.5. The molecule has 3 aromatic rings. The van der Waals surface area contributed by atoms with Crippen LogP contribution in [0.2, 0.25) is 5.02 Å². The topological polar surface area (TPSA) is 38.3 Å². The average Bonchev–Trinajstić information content (AvgIpc) is 2.67. The van der Waals surface area contributed by atoms with E-state index in [1.165, 1.54) is 0 Å². The molecule has 3 rings (SSSR count). The Morgan fingerprint density at radius 3 is 2.54 bits per heavy atom. The van der Waals surface area contributed by atoms with E-state index >= 15 is 0 Å². The number of nitrogens with one attached hydrogen (secondary N) is 1. The van der Waals surface area contributed by atoms with Crippen LogP contribution in [0.3, 0.4) is 0 Å². The summed E-state index contributed by atoms with van der Waals surface area (Å²) in [6, 6.07) is 21.6. The van der Waals surface area contributed by atoms with Crippen LogP contribution in [0, 0.1) is 0 Å². The molecule has 0 aliphatic heterocycles. The fourth-order valence-electron chi connectivity index (χ4n) is 2.87. The van der Waals surface area contributed by atoms with Crippen LogP contribution >= 0.6 is 11.6 Å². The molecule has 1 N–H and O–H groups in total. The minimum Gasteiger partial charge on any atom is -0.480 e. The first-order chi connectivity index (χ1) is 12.7. The van der Waals surface area contributed by atoms with E-state index in [9.17, 15) is 4.79 Å². The summed E-state index contributed by atoms with van der Waals surface area (Å²) in [5.41, 5.74) is 1.14. The van der Waals surface area contributed by atoms with Gasteiger partial charge in [-0.1, -0.05) is 67.1 Å². The predicted octanol–water partition coefficient (Wildman–Crippen LogP) is 5.01. The lowest BCUT2D eigenvalue weighted by molar-refractivity contribution is -0.128. The van der Waals surface area contributed by atoms with Crippen LogP contribution in [0.4, 0.5) is 0 Å². The zero-order valence-corrected chi connectivity index (χ0v) is 15.5. The fraction of sp³-hybridized carbons (Fsp3) is 0.227. The molecule has 0 saturated heterocycles. The largest absolute Gasteiger partial charge is 0.480 e. The summed E-state index contributed by atoms with van der Waals surface area (Å²) in [4.78, 5) is 12.5. The van der Waals surface area contributed by atoms with Crippen LogP contribution in [0.25, 0.3) is 10.8 Å². The van der Waals surface area contributed by atoms with E-state index in [4.69, 9.17) is 16.3 Å². The van der Waals surface area contributed by atoms with E-state index in [1.54, 1.807) is 0 Å². The number of hydrogen-bond donors (Lipinski definition) is 1. The lowest BCUT2D eigenvalue weighted by Crippen LogP contribution is -2.39. The number of halogens is 1. The maximum Gasteiger partial charge on any atom is 0.261 e. The Morgan fingerprint density at radius 1 is 1.04 bits per heavy atom. The van der Waals surface area contributed by atoms with Gasteiger partial charge in [0.25, 0.3) is 5.91 Å². The van der Waals surface area contributed by atoms with Crippen LogP contribution in [0.15, 0.2) is 66.7 Å².